The monoisotopic (exact) mass is 346 g/mol. The van der Waals surface area contributed by atoms with E-state index in [1.54, 1.807) is 33.8 Å². The van der Waals surface area contributed by atoms with E-state index in [-0.39, 0.29) is 17.9 Å². The summed E-state index contributed by atoms with van der Waals surface area (Å²) in [5.74, 6) is -1.88. The van der Waals surface area contributed by atoms with Crippen LogP contribution in [0.15, 0.2) is 24.3 Å². The van der Waals surface area contributed by atoms with E-state index < -0.39 is 38.9 Å². The van der Waals surface area contributed by atoms with Gasteiger partial charge in [-0.2, -0.15) is 0 Å². The lowest BCUT2D eigenvalue weighted by Crippen LogP contribution is -2.47. The maximum atomic E-state index is 14.9. The maximum Gasteiger partial charge on any atom is 0.341 e. The lowest BCUT2D eigenvalue weighted by atomic mass is 9.79. The molecule has 0 radical (unpaired) electrons. The minimum absolute atomic E-state index is 0.0228. The first-order valence-corrected chi connectivity index (χ1v) is 8.80. The van der Waals surface area contributed by atoms with Crippen molar-refractivity contribution in [2.75, 3.05) is 12.4 Å². The number of halogens is 2. The zero-order valence-electron chi connectivity index (χ0n) is 14.2. The Bertz CT molecular complexity index is 583. The first-order valence-electron chi connectivity index (χ1n) is 7.48. The van der Waals surface area contributed by atoms with Gasteiger partial charge in [-0.15, -0.1) is 0 Å². The van der Waals surface area contributed by atoms with Crippen molar-refractivity contribution in [1.82, 2.24) is 0 Å². The predicted molar refractivity (Wildman–Crippen MR) is 88.0 cm³/mol. The molecule has 0 bridgehead atoms. The van der Waals surface area contributed by atoms with Gasteiger partial charge < -0.3 is 4.74 Å². The molecule has 0 aliphatic rings. The van der Waals surface area contributed by atoms with Crippen LogP contribution in [0.2, 0.25) is 0 Å². The molecule has 3 nitrogen and oxygen atoms in total. The van der Waals surface area contributed by atoms with Crippen molar-refractivity contribution >= 4 is 16.8 Å². The summed E-state index contributed by atoms with van der Waals surface area (Å²) in [7, 11) is -1.47. The Labute approximate surface area is 138 Å². The molecule has 1 aromatic rings. The van der Waals surface area contributed by atoms with E-state index in [4.69, 9.17) is 4.74 Å². The van der Waals surface area contributed by atoms with Crippen molar-refractivity contribution < 1.29 is 22.5 Å². The molecule has 0 N–H and O–H groups in total. The van der Waals surface area contributed by atoms with E-state index >= 15 is 0 Å². The van der Waals surface area contributed by atoms with Crippen LogP contribution in [0.4, 0.5) is 8.78 Å². The average Bonchev–Trinajstić information content (AvgIpc) is 2.45. The molecule has 130 valence electrons. The van der Waals surface area contributed by atoms with Crippen molar-refractivity contribution in [2.24, 2.45) is 0 Å². The molecule has 0 aromatic heterocycles. The second-order valence-electron chi connectivity index (χ2n) is 6.61. The first kappa shape index (κ1) is 19.7. The number of carbonyl (C=O) groups excluding carboxylic acids is 1. The Morgan fingerprint density at radius 3 is 2.30 bits per heavy atom. The molecule has 3 atom stereocenters. The minimum Gasteiger partial charge on any atom is -0.464 e. The van der Waals surface area contributed by atoms with Crippen LogP contribution in [0.5, 0.6) is 0 Å². The van der Waals surface area contributed by atoms with Gasteiger partial charge in [0.15, 0.2) is 0 Å². The number of alkyl halides is 1. The number of rotatable bonds is 6. The van der Waals surface area contributed by atoms with Gasteiger partial charge in [-0.25, -0.2) is 13.6 Å². The average molecular weight is 346 g/mol. The van der Waals surface area contributed by atoms with Gasteiger partial charge in [0.1, 0.15) is 5.82 Å². The third-order valence-electron chi connectivity index (χ3n) is 3.66. The fourth-order valence-corrected chi connectivity index (χ4v) is 3.46. The van der Waals surface area contributed by atoms with Crippen LogP contribution in [-0.2, 0) is 25.7 Å². The molecule has 0 unspecified atom stereocenters. The molecular formula is C17H24F2O3S. The Morgan fingerprint density at radius 1 is 1.26 bits per heavy atom. The van der Waals surface area contributed by atoms with Crippen LogP contribution in [-0.4, -0.2) is 33.5 Å². The van der Waals surface area contributed by atoms with Gasteiger partial charge in [-0.05, 0) is 39.3 Å². The van der Waals surface area contributed by atoms with Crippen LogP contribution in [0.25, 0.3) is 0 Å². The van der Waals surface area contributed by atoms with Gasteiger partial charge in [0.05, 0.1) is 6.61 Å². The normalized spacial score (nSPS) is 17.2. The van der Waals surface area contributed by atoms with Crippen molar-refractivity contribution in [2.45, 2.75) is 51.0 Å². The van der Waals surface area contributed by atoms with Crippen LogP contribution in [0, 0.1) is 5.82 Å². The van der Waals surface area contributed by atoms with E-state index in [2.05, 4.69) is 0 Å². The number of hydrogen-bond donors (Lipinski definition) is 0. The highest BCUT2D eigenvalue weighted by atomic mass is 32.2. The van der Waals surface area contributed by atoms with Crippen LogP contribution in [0.3, 0.4) is 0 Å². The SMILES string of the molecule is CCOC(=O)[C@H](F)[C@](C)(C[S@@](=O)C(C)(C)C)c1ccccc1F. The lowest BCUT2D eigenvalue weighted by Gasteiger charge is -2.34. The quantitative estimate of drug-likeness (QED) is 0.740. The van der Waals surface area contributed by atoms with Gasteiger partial charge in [-0.3, -0.25) is 4.21 Å². The molecule has 0 fully saturated rings. The van der Waals surface area contributed by atoms with Crippen molar-refractivity contribution in [3.8, 4) is 0 Å². The van der Waals surface area contributed by atoms with Crippen LogP contribution in [0.1, 0.15) is 40.2 Å². The fraction of sp³-hybridized carbons (Fsp3) is 0.588. The van der Waals surface area contributed by atoms with E-state index in [1.807, 2.05) is 0 Å². The summed E-state index contributed by atoms with van der Waals surface area (Å²) in [5.41, 5.74) is -1.55. The zero-order chi connectivity index (χ0) is 17.8. The molecule has 0 saturated carbocycles. The second-order valence-corrected chi connectivity index (χ2v) is 8.82. The first-order chi connectivity index (χ1) is 10.5. The highest BCUT2D eigenvalue weighted by Gasteiger charge is 2.46. The summed E-state index contributed by atoms with van der Waals surface area (Å²) < 4.78 is 45.7. The summed E-state index contributed by atoms with van der Waals surface area (Å²) in [4.78, 5) is 11.9. The number of esters is 1. The summed E-state index contributed by atoms with van der Waals surface area (Å²) in [6.07, 6.45) is -2.11. The number of ether oxygens (including phenoxy) is 1. The molecule has 6 heteroatoms. The van der Waals surface area contributed by atoms with E-state index in [0.717, 1.165) is 0 Å². The zero-order valence-corrected chi connectivity index (χ0v) is 15.0. The molecule has 0 spiro atoms. The van der Waals surface area contributed by atoms with Gasteiger partial charge >= 0.3 is 5.97 Å². The molecule has 1 aromatic carbocycles. The summed E-state index contributed by atoms with van der Waals surface area (Å²) in [5, 5.41) is 0. The van der Waals surface area contributed by atoms with Crippen molar-refractivity contribution in [3.63, 3.8) is 0 Å². The van der Waals surface area contributed by atoms with E-state index in [9.17, 15) is 17.8 Å². The minimum atomic E-state index is -2.11. The highest BCUT2D eigenvalue weighted by molar-refractivity contribution is 7.86. The van der Waals surface area contributed by atoms with E-state index in [1.165, 1.54) is 25.1 Å². The van der Waals surface area contributed by atoms with Crippen LogP contribution < -0.4 is 0 Å². The molecule has 1 rings (SSSR count). The third kappa shape index (κ3) is 4.59. The molecule has 0 amide bonds. The van der Waals surface area contributed by atoms with E-state index in [0.29, 0.717) is 0 Å². The summed E-state index contributed by atoms with van der Waals surface area (Å²) in [6, 6.07) is 5.67. The molecule has 0 aliphatic carbocycles. The van der Waals surface area contributed by atoms with Gasteiger partial charge in [-0.1, -0.05) is 25.1 Å². The Hall–Kier alpha value is -1.30. The fourth-order valence-electron chi connectivity index (χ4n) is 2.18. The van der Waals surface area contributed by atoms with Crippen molar-refractivity contribution in [1.29, 1.82) is 0 Å². The topological polar surface area (TPSA) is 43.4 Å². The number of hydrogen-bond acceptors (Lipinski definition) is 3. The molecular weight excluding hydrogens is 322 g/mol. The third-order valence-corrected chi connectivity index (χ3v) is 5.88. The van der Waals surface area contributed by atoms with Gasteiger partial charge in [0, 0.05) is 26.7 Å². The number of benzene rings is 1. The maximum absolute atomic E-state index is 14.9. The lowest BCUT2D eigenvalue weighted by molar-refractivity contribution is -0.151. The Kier molecular flexibility index (Phi) is 6.45. The smallest absolute Gasteiger partial charge is 0.341 e. The van der Waals surface area contributed by atoms with Crippen LogP contribution >= 0.6 is 0 Å². The van der Waals surface area contributed by atoms with Crippen molar-refractivity contribution in [3.05, 3.63) is 35.6 Å². The second kappa shape index (κ2) is 7.51. The highest BCUT2D eigenvalue weighted by Crippen LogP contribution is 2.35. The standard InChI is InChI=1S/C17H24F2O3S/c1-6-22-15(20)14(19)17(5,11-23(21)16(2,3)4)12-9-7-8-10-13(12)18/h7-10,14H,6,11H2,1-5H3/t14-,17+,23+/m0/s1. The molecule has 23 heavy (non-hydrogen) atoms. The Morgan fingerprint density at radius 2 is 1.83 bits per heavy atom. The largest absolute Gasteiger partial charge is 0.464 e. The summed E-state index contributed by atoms with van der Waals surface area (Å²) >= 11 is 0. The Balaban J connectivity index is 3.33. The predicted octanol–water partition coefficient (Wildman–Crippen LogP) is 3.53. The molecule has 0 heterocycles. The number of carbonyl (C=O) groups is 1. The molecule has 0 saturated heterocycles. The van der Waals surface area contributed by atoms with Gasteiger partial charge in [0.2, 0.25) is 6.17 Å². The summed E-state index contributed by atoms with van der Waals surface area (Å²) in [6.45, 7) is 8.26. The molecule has 0 aliphatic heterocycles. The van der Waals surface area contributed by atoms with Gasteiger partial charge in [0.25, 0.3) is 0 Å².